The van der Waals surface area contributed by atoms with Crippen LogP contribution in [0.25, 0.3) is 0 Å². The SMILES string of the molecule is NCCC(=O)CCOc1cccc(F)c1. The molecule has 0 fully saturated rings. The van der Waals surface area contributed by atoms with Gasteiger partial charge in [0.15, 0.2) is 0 Å². The third kappa shape index (κ3) is 4.56. The second-order valence-electron chi connectivity index (χ2n) is 3.13. The highest BCUT2D eigenvalue weighted by Crippen LogP contribution is 2.11. The Hall–Kier alpha value is -1.42. The highest BCUT2D eigenvalue weighted by molar-refractivity contribution is 5.78. The minimum Gasteiger partial charge on any atom is -0.493 e. The van der Waals surface area contributed by atoms with Crippen LogP contribution in [0.5, 0.6) is 5.75 Å². The molecule has 4 heteroatoms. The molecule has 0 amide bonds. The van der Waals surface area contributed by atoms with Gasteiger partial charge in [-0.3, -0.25) is 4.79 Å². The van der Waals surface area contributed by atoms with Crippen LogP contribution >= 0.6 is 0 Å². The van der Waals surface area contributed by atoms with Gasteiger partial charge in [-0.15, -0.1) is 0 Å². The number of Topliss-reactive ketones (excluding diaryl/α,β-unsaturated/α-hetero) is 1. The van der Waals surface area contributed by atoms with Crippen molar-refractivity contribution in [3.8, 4) is 5.75 Å². The zero-order chi connectivity index (χ0) is 11.1. The zero-order valence-corrected chi connectivity index (χ0v) is 8.41. The molecule has 0 saturated heterocycles. The molecule has 0 bridgehead atoms. The Labute approximate surface area is 88.0 Å². The topological polar surface area (TPSA) is 52.3 Å². The monoisotopic (exact) mass is 211 g/mol. The maximum absolute atomic E-state index is 12.7. The van der Waals surface area contributed by atoms with Crippen LogP contribution in [0.15, 0.2) is 24.3 Å². The lowest BCUT2D eigenvalue weighted by molar-refractivity contribution is -0.119. The average molecular weight is 211 g/mol. The number of carbonyl (C=O) groups excluding carboxylic acids is 1. The summed E-state index contributed by atoms with van der Waals surface area (Å²) in [6.07, 6.45) is 0.681. The number of hydrogen-bond acceptors (Lipinski definition) is 3. The van der Waals surface area contributed by atoms with Gasteiger partial charge < -0.3 is 10.5 Å². The first-order valence-corrected chi connectivity index (χ1v) is 4.82. The van der Waals surface area contributed by atoms with Gasteiger partial charge in [0.2, 0.25) is 0 Å². The van der Waals surface area contributed by atoms with E-state index in [0.717, 1.165) is 0 Å². The Bertz CT molecular complexity index is 328. The molecule has 0 unspecified atom stereocenters. The van der Waals surface area contributed by atoms with Gasteiger partial charge in [-0.2, -0.15) is 0 Å². The van der Waals surface area contributed by atoms with Crippen molar-refractivity contribution in [1.29, 1.82) is 0 Å². The molecule has 82 valence electrons. The van der Waals surface area contributed by atoms with Crippen molar-refractivity contribution in [3.63, 3.8) is 0 Å². The van der Waals surface area contributed by atoms with E-state index in [4.69, 9.17) is 10.5 Å². The Kier molecular flexibility index (Phi) is 4.77. The summed E-state index contributed by atoms with van der Waals surface area (Å²) in [5, 5.41) is 0. The van der Waals surface area contributed by atoms with E-state index >= 15 is 0 Å². The second kappa shape index (κ2) is 6.14. The summed E-state index contributed by atoms with van der Waals surface area (Å²) in [4.78, 5) is 11.1. The van der Waals surface area contributed by atoms with Gasteiger partial charge in [-0.05, 0) is 18.7 Å². The molecule has 0 aromatic heterocycles. The summed E-state index contributed by atoms with van der Waals surface area (Å²) in [5.74, 6) is 0.158. The van der Waals surface area contributed by atoms with Crippen molar-refractivity contribution in [2.75, 3.05) is 13.2 Å². The second-order valence-corrected chi connectivity index (χ2v) is 3.13. The normalized spacial score (nSPS) is 10.0. The van der Waals surface area contributed by atoms with Crippen molar-refractivity contribution < 1.29 is 13.9 Å². The van der Waals surface area contributed by atoms with Crippen LogP contribution in [0.3, 0.4) is 0 Å². The molecule has 2 N–H and O–H groups in total. The highest BCUT2D eigenvalue weighted by atomic mass is 19.1. The van der Waals surface area contributed by atoms with Gasteiger partial charge >= 0.3 is 0 Å². The van der Waals surface area contributed by atoms with Crippen LogP contribution in [-0.2, 0) is 4.79 Å². The molecule has 1 rings (SSSR count). The number of carbonyl (C=O) groups is 1. The van der Waals surface area contributed by atoms with E-state index in [1.54, 1.807) is 12.1 Å². The van der Waals surface area contributed by atoms with Crippen LogP contribution < -0.4 is 10.5 Å². The van der Waals surface area contributed by atoms with Crippen LogP contribution in [-0.4, -0.2) is 18.9 Å². The fraction of sp³-hybridized carbons (Fsp3) is 0.364. The molecule has 0 radical (unpaired) electrons. The minimum atomic E-state index is -0.346. The molecule has 0 aliphatic carbocycles. The van der Waals surface area contributed by atoms with Gasteiger partial charge in [0, 0.05) is 18.9 Å². The van der Waals surface area contributed by atoms with Gasteiger partial charge in [0.05, 0.1) is 6.61 Å². The Morgan fingerprint density at radius 2 is 2.20 bits per heavy atom. The summed E-state index contributed by atoms with van der Waals surface area (Å²) in [6.45, 7) is 0.626. The number of rotatable bonds is 6. The van der Waals surface area contributed by atoms with E-state index in [2.05, 4.69) is 0 Å². The first kappa shape index (κ1) is 11.7. The molecule has 0 aliphatic heterocycles. The summed E-state index contributed by atoms with van der Waals surface area (Å²) in [7, 11) is 0. The molecule has 0 heterocycles. The number of nitrogens with two attached hydrogens (primary N) is 1. The molecular weight excluding hydrogens is 197 g/mol. The van der Waals surface area contributed by atoms with Crippen molar-refractivity contribution in [1.82, 2.24) is 0 Å². The quantitative estimate of drug-likeness (QED) is 0.776. The Morgan fingerprint density at radius 3 is 2.87 bits per heavy atom. The first-order valence-electron chi connectivity index (χ1n) is 4.82. The van der Waals surface area contributed by atoms with Crippen molar-refractivity contribution >= 4 is 5.78 Å². The largest absolute Gasteiger partial charge is 0.493 e. The molecule has 0 saturated carbocycles. The molecule has 1 aromatic carbocycles. The van der Waals surface area contributed by atoms with E-state index in [0.29, 0.717) is 25.1 Å². The van der Waals surface area contributed by atoms with Crippen molar-refractivity contribution in [2.24, 2.45) is 5.73 Å². The van der Waals surface area contributed by atoms with Crippen LogP contribution in [0, 0.1) is 5.82 Å². The minimum absolute atomic E-state index is 0.0638. The smallest absolute Gasteiger partial charge is 0.137 e. The van der Waals surface area contributed by atoms with Crippen molar-refractivity contribution in [3.05, 3.63) is 30.1 Å². The Balaban J connectivity index is 2.28. The number of ketones is 1. The van der Waals surface area contributed by atoms with E-state index in [1.165, 1.54) is 12.1 Å². The predicted molar refractivity (Wildman–Crippen MR) is 55.2 cm³/mol. The Morgan fingerprint density at radius 1 is 1.40 bits per heavy atom. The summed E-state index contributed by atoms with van der Waals surface area (Å²) < 4.78 is 17.9. The average Bonchev–Trinajstić information content (AvgIpc) is 2.18. The maximum atomic E-state index is 12.7. The van der Waals surface area contributed by atoms with E-state index < -0.39 is 0 Å². The van der Waals surface area contributed by atoms with Gasteiger partial charge in [0.1, 0.15) is 17.3 Å². The third-order valence-electron chi connectivity index (χ3n) is 1.87. The summed E-state index contributed by atoms with van der Waals surface area (Å²) in [6, 6.07) is 5.84. The van der Waals surface area contributed by atoms with Crippen molar-refractivity contribution in [2.45, 2.75) is 12.8 Å². The summed E-state index contributed by atoms with van der Waals surface area (Å²) in [5.41, 5.74) is 5.22. The van der Waals surface area contributed by atoms with E-state index in [1.807, 2.05) is 0 Å². The molecule has 1 aromatic rings. The summed E-state index contributed by atoms with van der Waals surface area (Å²) >= 11 is 0. The number of halogens is 1. The predicted octanol–water partition coefficient (Wildman–Crippen LogP) is 1.51. The third-order valence-corrected chi connectivity index (χ3v) is 1.87. The molecule has 0 spiro atoms. The number of ether oxygens (including phenoxy) is 1. The first-order chi connectivity index (χ1) is 7.22. The fourth-order valence-corrected chi connectivity index (χ4v) is 1.13. The molecule has 3 nitrogen and oxygen atoms in total. The van der Waals surface area contributed by atoms with Crippen LogP contribution in [0.2, 0.25) is 0 Å². The molecule has 0 atom stereocenters. The maximum Gasteiger partial charge on any atom is 0.137 e. The van der Waals surface area contributed by atoms with Gasteiger partial charge in [-0.25, -0.2) is 4.39 Å². The van der Waals surface area contributed by atoms with Gasteiger partial charge in [-0.1, -0.05) is 6.07 Å². The van der Waals surface area contributed by atoms with E-state index in [-0.39, 0.29) is 18.2 Å². The van der Waals surface area contributed by atoms with Gasteiger partial charge in [0.25, 0.3) is 0 Å². The fourth-order valence-electron chi connectivity index (χ4n) is 1.13. The standard InChI is InChI=1S/C11H14FNO2/c12-9-2-1-3-11(8-9)15-7-5-10(14)4-6-13/h1-3,8H,4-7,13H2. The van der Waals surface area contributed by atoms with Crippen LogP contribution in [0.4, 0.5) is 4.39 Å². The lowest BCUT2D eigenvalue weighted by Crippen LogP contribution is -2.11. The molecular formula is C11H14FNO2. The zero-order valence-electron chi connectivity index (χ0n) is 8.41. The lowest BCUT2D eigenvalue weighted by atomic mass is 10.2. The molecule has 0 aliphatic rings. The number of hydrogen-bond donors (Lipinski definition) is 1. The van der Waals surface area contributed by atoms with Crippen LogP contribution in [0.1, 0.15) is 12.8 Å². The number of benzene rings is 1. The highest BCUT2D eigenvalue weighted by Gasteiger charge is 2.01. The molecule has 15 heavy (non-hydrogen) atoms. The lowest BCUT2D eigenvalue weighted by Gasteiger charge is -2.04. The van der Waals surface area contributed by atoms with E-state index in [9.17, 15) is 9.18 Å².